The van der Waals surface area contributed by atoms with Crippen molar-refractivity contribution in [3.05, 3.63) is 23.2 Å². The lowest BCUT2D eigenvalue weighted by atomic mass is 9.87. The van der Waals surface area contributed by atoms with Crippen LogP contribution in [-0.4, -0.2) is 17.5 Å². The third-order valence-electron chi connectivity index (χ3n) is 3.64. The monoisotopic (exact) mass is 267 g/mol. The van der Waals surface area contributed by atoms with Gasteiger partial charge in [-0.05, 0) is 44.4 Å². The molecule has 0 saturated carbocycles. The normalized spacial score (nSPS) is 25.1. The number of furan rings is 1. The van der Waals surface area contributed by atoms with Gasteiger partial charge in [0.05, 0.1) is 0 Å². The lowest BCUT2D eigenvalue weighted by Crippen LogP contribution is -2.41. The Bertz CT molecular complexity index is 411. The lowest BCUT2D eigenvalue weighted by molar-refractivity contribution is 0.304. The van der Waals surface area contributed by atoms with E-state index >= 15 is 0 Å². The third kappa shape index (κ3) is 3.33. The smallest absolute Gasteiger partial charge is 0.105 e. The summed E-state index contributed by atoms with van der Waals surface area (Å²) in [4.78, 5) is 0. The molecule has 2 unspecified atom stereocenters. The molecular formula is C15H25NOS. The summed E-state index contributed by atoms with van der Waals surface area (Å²) in [5, 5.41) is 3.76. The number of hydrogen-bond acceptors (Lipinski definition) is 3. The van der Waals surface area contributed by atoms with Gasteiger partial charge in [-0.3, -0.25) is 0 Å². The highest BCUT2D eigenvalue weighted by atomic mass is 32.2. The lowest BCUT2D eigenvalue weighted by Gasteiger charge is -2.36. The van der Waals surface area contributed by atoms with E-state index in [-0.39, 0.29) is 0 Å². The van der Waals surface area contributed by atoms with E-state index in [1.807, 2.05) is 6.92 Å². The fourth-order valence-electron chi connectivity index (χ4n) is 2.89. The summed E-state index contributed by atoms with van der Waals surface area (Å²) >= 11 is 2.07. The number of nitrogens with one attached hydrogen (secondary N) is 1. The molecule has 0 bridgehead atoms. The van der Waals surface area contributed by atoms with Gasteiger partial charge in [0, 0.05) is 23.4 Å². The Hall–Kier alpha value is -0.410. The molecule has 0 amide bonds. The standard InChI is InChI=1S/C15H25NOS/c1-10-6-14(12(3)17-10)11(2)16-13-7-15(4,5)9-18-8-13/h6,11,13,16H,7-9H2,1-5H3. The van der Waals surface area contributed by atoms with E-state index in [2.05, 4.69) is 50.8 Å². The zero-order chi connectivity index (χ0) is 13.3. The SMILES string of the molecule is Cc1cc(C(C)NC2CSCC(C)(C)C2)c(C)o1. The molecule has 2 rings (SSSR count). The Kier molecular flexibility index (Phi) is 4.12. The molecule has 18 heavy (non-hydrogen) atoms. The fraction of sp³-hybridized carbons (Fsp3) is 0.733. The first-order valence-corrected chi connectivity index (χ1v) is 7.93. The molecule has 1 aliphatic rings. The summed E-state index contributed by atoms with van der Waals surface area (Å²) in [6.45, 7) is 11.0. The second-order valence-electron chi connectivity index (χ2n) is 6.34. The molecule has 0 radical (unpaired) electrons. The van der Waals surface area contributed by atoms with Gasteiger partial charge in [0.25, 0.3) is 0 Å². The Morgan fingerprint density at radius 2 is 2.17 bits per heavy atom. The average Bonchev–Trinajstić information content (AvgIpc) is 2.56. The molecule has 1 N–H and O–H groups in total. The van der Waals surface area contributed by atoms with Gasteiger partial charge >= 0.3 is 0 Å². The predicted molar refractivity (Wildman–Crippen MR) is 79.2 cm³/mol. The Morgan fingerprint density at radius 3 is 2.72 bits per heavy atom. The summed E-state index contributed by atoms with van der Waals surface area (Å²) in [6.07, 6.45) is 1.26. The van der Waals surface area contributed by atoms with Crippen molar-refractivity contribution in [1.29, 1.82) is 0 Å². The van der Waals surface area contributed by atoms with Crippen LogP contribution in [-0.2, 0) is 0 Å². The molecule has 0 aromatic carbocycles. The molecule has 0 spiro atoms. The summed E-state index contributed by atoms with van der Waals surface area (Å²) in [6, 6.07) is 3.15. The number of thioether (sulfide) groups is 1. The van der Waals surface area contributed by atoms with Crippen molar-refractivity contribution in [2.45, 2.75) is 53.1 Å². The van der Waals surface area contributed by atoms with Crippen molar-refractivity contribution in [3.8, 4) is 0 Å². The van der Waals surface area contributed by atoms with Crippen molar-refractivity contribution in [1.82, 2.24) is 5.32 Å². The molecule has 1 aromatic heterocycles. The minimum Gasteiger partial charge on any atom is -0.466 e. The number of aryl methyl sites for hydroxylation is 2. The molecule has 0 aliphatic carbocycles. The van der Waals surface area contributed by atoms with Gasteiger partial charge in [-0.1, -0.05) is 13.8 Å². The van der Waals surface area contributed by atoms with Crippen LogP contribution in [0.1, 0.15) is 50.3 Å². The van der Waals surface area contributed by atoms with Crippen LogP contribution in [0.3, 0.4) is 0 Å². The summed E-state index contributed by atoms with van der Waals surface area (Å²) in [5.74, 6) is 4.57. The molecule has 2 nitrogen and oxygen atoms in total. The number of rotatable bonds is 3. The highest BCUT2D eigenvalue weighted by Crippen LogP contribution is 2.34. The molecular weight excluding hydrogens is 242 g/mol. The van der Waals surface area contributed by atoms with E-state index < -0.39 is 0 Å². The van der Waals surface area contributed by atoms with Crippen LogP contribution in [0, 0.1) is 19.3 Å². The minimum absolute atomic E-state index is 0.377. The molecule has 1 saturated heterocycles. The summed E-state index contributed by atoms with van der Waals surface area (Å²) in [5.41, 5.74) is 1.77. The molecule has 2 atom stereocenters. The maximum atomic E-state index is 5.62. The van der Waals surface area contributed by atoms with E-state index in [4.69, 9.17) is 4.42 Å². The van der Waals surface area contributed by atoms with Gasteiger partial charge in [-0.2, -0.15) is 11.8 Å². The van der Waals surface area contributed by atoms with Crippen molar-refractivity contribution in [2.24, 2.45) is 5.41 Å². The molecule has 3 heteroatoms. The van der Waals surface area contributed by atoms with Crippen LogP contribution in [0.2, 0.25) is 0 Å². The Labute approximate surface area is 115 Å². The van der Waals surface area contributed by atoms with Crippen LogP contribution in [0.4, 0.5) is 0 Å². The maximum Gasteiger partial charge on any atom is 0.105 e. The Balaban J connectivity index is 1.99. The summed E-state index contributed by atoms with van der Waals surface area (Å²) < 4.78 is 5.62. The van der Waals surface area contributed by atoms with Crippen molar-refractivity contribution in [3.63, 3.8) is 0 Å². The van der Waals surface area contributed by atoms with Crippen LogP contribution in [0.15, 0.2) is 10.5 Å². The highest BCUT2D eigenvalue weighted by molar-refractivity contribution is 7.99. The number of hydrogen-bond donors (Lipinski definition) is 1. The first kappa shape index (κ1) is 14.0. The van der Waals surface area contributed by atoms with E-state index in [1.54, 1.807) is 0 Å². The van der Waals surface area contributed by atoms with Crippen LogP contribution >= 0.6 is 11.8 Å². The first-order valence-electron chi connectivity index (χ1n) is 6.78. The third-order valence-corrected chi connectivity index (χ3v) is 5.27. The molecule has 102 valence electrons. The van der Waals surface area contributed by atoms with Crippen LogP contribution < -0.4 is 5.32 Å². The highest BCUT2D eigenvalue weighted by Gasteiger charge is 2.29. The first-order chi connectivity index (χ1) is 8.37. The van der Waals surface area contributed by atoms with Crippen LogP contribution in [0.5, 0.6) is 0 Å². The van der Waals surface area contributed by atoms with Crippen LogP contribution in [0.25, 0.3) is 0 Å². The van der Waals surface area contributed by atoms with Gasteiger partial charge in [-0.15, -0.1) is 0 Å². The van der Waals surface area contributed by atoms with E-state index in [9.17, 15) is 0 Å². The molecule has 1 aliphatic heterocycles. The molecule has 1 fully saturated rings. The summed E-state index contributed by atoms with van der Waals surface area (Å²) in [7, 11) is 0. The van der Waals surface area contributed by atoms with Gasteiger partial charge in [-0.25, -0.2) is 0 Å². The zero-order valence-electron chi connectivity index (χ0n) is 12.2. The minimum atomic E-state index is 0.377. The van der Waals surface area contributed by atoms with E-state index in [0.29, 0.717) is 17.5 Å². The van der Waals surface area contributed by atoms with Gasteiger partial charge in [0.15, 0.2) is 0 Å². The second-order valence-corrected chi connectivity index (χ2v) is 7.37. The molecule has 1 aromatic rings. The van der Waals surface area contributed by atoms with E-state index in [1.165, 1.54) is 23.5 Å². The van der Waals surface area contributed by atoms with Gasteiger partial charge < -0.3 is 9.73 Å². The topological polar surface area (TPSA) is 25.2 Å². The van der Waals surface area contributed by atoms with Gasteiger partial charge in [0.1, 0.15) is 11.5 Å². The second kappa shape index (κ2) is 5.30. The van der Waals surface area contributed by atoms with Crippen molar-refractivity contribution < 1.29 is 4.42 Å². The Morgan fingerprint density at radius 1 is 1.44 bits per heavy atom. The van der Waals surface area contributed by atoms with Gasteiger partial charge in [0.2, 0.25) is 0 Å². The largest absolute Gasteiger partial charge is 0.466 e. The zero-order valence-corrected chi connectivity index (χ0v) is 13.0. The maximum absolute atomic E-state index is 5.62. The predicted octanol–water partition coefficient (Wildman–Crippen LogP) is 4.08. The van der Waals surface area contributed by atoms with E-state index in [0.717, 1.165) is 11.5 Å². The van der Waals surface area contributed by atoms with Crippen molar-refractivity contribution >= 4 is 11.8 Å². The average molecular weight is 267 g/mol. The fourth-order valence-corrected chi connectivity index (χ4v) is 4.18. The van der Waals surface area contributed by atoms with Crippen molar-refractivity contribution in [2.75, 3.05) is 11.5 Å². The molecule has 2 heterocycles. The quantitative estimate of drug-likeness (QED) is 0.893.